The van der Waals surface area contributed by atoms with Gasteiger partial charge in [-0.15, -0.1) is 12.4 Å². The molecule has 3 heteroatoms. The van der Waals surface area contributed by atoms with Crippen LogP contribution >= 0.6 is 35.3 Å². The minimum atomic E-state index is 0. The second kappa shape index (κ2) is 8.88. The number of hydrogen-bond acceptors (Lipinski definition) is 1. The Morgan fingerprint density at radius 2 is 2.00 bits per heavy atom. The van der Waals surface area contributed by atoms with Gasteiger partial charge in [0.2, 0.25) is 0 Å². The molecule has 0 aromatic carbocycles. The van der Waals surface area contributed by atoms with E-state index in [2.05, 4.69) is 33.3 Å². The van der Waals surface area contributed by atoms with Crippen molar-refractivity contribution in [1.29, 1.82) is 0 Å². The minimum absolute atomic E-state index is 0. The topological polar surface area (TPSA) is 12.0 Å². The van der Waals surface area contributed by atoms with Gasteiger partial charge in [0.15, 0.2) is 0 Å². The number of rotatable bonds is 1. The van der Waals surface area contributed by atoms with Crippen LogP contribution in [0.3, 0.4) is 0 Å². The highest BCUT2D eigenvalue weighted by Crippen LogP contribution is 1.60. The zero-order chi connectivity index (χ0) is 3.41. The molecule has 0 bridgehead atoms. The highest BCUT2D eigenvalue weighted by Gasteiger charge is 1.53. The first-order valence-corrected chi connectivity index (χ1v) is 2.33. The van der Waals surface area contributed by atoms with E-state index in [0.717, 1.165) is 6.54 Å². The van der Waals surface area contributed by atoms with Crippen LogP contribution in [-0.4, -0.2) is 6.54 Å². The molecule has 0 radical (unpaired) electrons. The Bertz CT molecular complexity index is 11.6. The Labute approximate surface area is 52.4 Å². The molecule has 0 atom stereocenters. The van der Waals surface area contributed by atoms with Gasteiger partial charge in [0.1, 0.15) is 0 Å². The molecule has 34 valence electrons. The van der Waals surface area contributed by atoms with Gasteiger partial charge in [0, 0.05) is 29.4 Å². The van der Waals surface area contributed by atoms with E-state index in [1.807, 2.05) is 0 Å². The lowest BCUT2D eigenvalue weighted by Crippen LogP contribution is -1.90. The highest BCUT2D eigenvalue weighted by molar-refractivity contribution is 14.1. The van der Waals surface area contributed by atoms with Crippen LogP contribution in [0.25, 0.3) is 0 Å². The summed E-state index contributed by atoms with van der Waals surface area (Å²) in [6, 6.07) is 0. The maximum Gasteiger partial charge on any atom is 0.0169 e. The highest BCUT2D eigenvalue weighted by atomic mass is 127. The van der Waals surface area contributed by atoms with E-state index in [4.69, 9.17) is 0 Å². The lowest BCUT2D eigenvalue weighted by molar-refractivity contribution is 1.07. The Morgan fingerprint density at radius 3 is 2.00 bits per heavy atom. The molecule has 0 saturated carbocycles. The van der Waals surface area contributed by atoms with Crippen LogP contribution in [0.4, 0.5) is 0 Å². The number of halogens is 2. The van der Waals surface area contributed by atoms with Gasteiger partial charge in [-0.2, -0.15) is 0 Å². The molecule has 0 rings (SSSR count). The maximum absolute atomic E-state index is 2.90. The van der Waals surface area contributed by atoms with E-state index in [1.54, 1.807) is 0 Å². The smallest absolute Gasteiger partial charge is 0.0169 e. The van der Waals surface area contributed by atoms with Gasteiger partial charge in [-0.25, -0.2) is 0 Å². The summed E-state index contributed by atoms with van der Waals surface area (Å²) < 4.78 is 2.90. The van der Waals surface area contributed by atoms with Crippen LogP contribution in [0.2, 0.25) is 0 Å². The second-order valence-corrected chi connectivity index (χ2v) is 1.25. The largest absolute Gasteiger partial charge is 0.261 e. The molecule has 0 amide bonds. The number of hydrogen-bond donors (Lipinski definition) is 1. The van der Waals surface area contributed by atoms with E-state index < -0.39 is 0 Å². The monoisotopic (exact) mass is 207 g/mol. The third kappa shape index (κ3) is 11.3. The van der Waals surface area contributed by atoms with Gasteiger partial charge in [-0.1, -0.05) is 6.92 Å². The average Bonchev–Trinajstić information content (AvgIpc) is 1.37. The molecule has 0 unspecified atom stereocenters. The lowest BCUT2D eigenvalue weighted by atomic mass is 10.8. The summed E-state index contributed by atoms with van der Waals surface area (Å²) in [6.45, 7) is 3.12. The Balaban J connectivity index is 0. The molecule has 1 N–H and O–H groups in total. The van der Waals surface area contributed by atoms with Crippen molar-refractivity contribution in [2.75, 3.05) is 6.54 Å². The molecule has 0 aliphatic heterocycles. The summed E-state index contributed by atoms with van der Waals surface area (Å²) in [5, 5.41) is 0. The average molecular weight is 207 g/mol. The quantitative estimate of drug-likeness (QED) is 0.506. The SMILES string of the molecule is CCNI.Cl. The van der Waals surface area contributed by atoms with Crippen molar-refractivity contribution >= 4 is 35.3 Å². The van der Waals surface area contributed by atoms with Crippen molar-refractivity contribution in [1.82, 2.24) is 3.53 Å². The second-order valence-electron chi connectivity index (χ2n) is 0.487. The summed E-state index contributed by atoms with van der Waals surface area (Å²) >= 11 is 2.10. The molecular formula is C2H7ClIN. The molecule has 1 nitrogen and oxygen atoms in total. The Hall–Kier alpha value is 0.980. The molecule has 0 aromatic rings. The van der Waals surface area contributed by atoms with Crippen molar-refractivity contribution in [3.05, 3.63) is 0 Å². The van der Waals surface area contributed by atoms with E-state index in [1.165, 1.54) is 0 Å². The predicted molar refractivity (Wildman–Crippen MR) is 34.9 cm³/mol. The van der Waals surface area contributed by atoms with Crippen LogP contribution in [0, 0.1) is 0 Å². The summed E-state index contributed by atoms with van der Waals surface area (Å²) in [5.74, 6) is 0. The molecule has 0 spiro atoms. The zero-order valence-corrected chi connectivity index (χ0v) is 5.97. The van der Waals surface area contributed by atoms with E-state index >= 15 is 0 Å². The molecular weight excluding hydrogens is 200 g/mol. The van der Waals surface area contributed by atoms with Crippen molar-refractivity contribution in [3.8, 4) is 0 Å². The standard InChI is InChI=1S/C2H6IN.ClH/c1-2-4-3;/h4H,2H2,1H3;1H. The van der Waals surface area contributed by atoms with Crippen LogP contribution in [-0.2, 0) is 0 Å². The third-order valence-electron chi connectivity index (χ3n) is 0.134. The number of nitrogens with one attached hydrogen (secondary N) is 1. The first-order valence-electron chi connectivity index (χ1n) is 1.25. The molecule has 5 heavy (non-hydrogen) atoms. The lowest BCUT2D eigenvalue weighted by Gasteiger charge is -1.72. The normalized spacial score (nSPS) is 6.00. The van der Waals surface area contributed by atoms with Crippen molar-refractivity contribution in [2.24, 2.45) is 0 Å². The van der Waals surface area contributed by atoms with Gasteiger partial charge in [-0.05, 0) is 0 Å². The first kappa shape index (κ1) is 9.36. The molecule has 0 aromatic heterocycles. The first-order chi connectivity index (χ1) is 1.91. The molecule has 0 aliphatic rings. The predicted octanol–water partition coefficient (Wildman–Crippen LogP) is 1.37. The fourth-order valence-electron chi connectivity index (χ4n) is 0. The van der Waals surface area contributed by atoms with Gasteiger partial charge in [0.25, 0.3) is 0 Å². The van der Waals surface area contributed by atoms with Crippen molar-refractivity contribution < 1.29 is 0 Å². The van der Waals surface area contributed by atoms with Gasteiger partial charge in [-0.3, -0.25) is 3.53 Å². The Kier molecular flexibility index (Phi) is 16.6. The van der Waals surface area contributed by atoms with E-state index in [-0.39, 0.29) is 12.4 Å². The van der Waals surface area contributed by atoms with E-state index in [9.17, 15) is 0 Å². The van der Waals surface area contributed by atoms with Gasteiger partial charge >= 0.3 is 0 Å². The Morgan fingerprint density at radius 1 is 1.80 bits per heavy atom. The van der Waals surface area contributed by atoms with Crippen LogP contribution in [0.15, 0.2) is 0 Å². The summed E-state index contributed by atoms with van der Waals surface area (Å²) in [6.07, 6.45) is 0. The maximum atomic E-state index is 2.90. The van der Waals surface area contributed by atoms with Crippen molar-refractivity contribution in [2.45, 2.75) is 6.92 Å². The van der Waals surface area contributed by atoms with Crippen LogP contribution in [0.5, 0.6) is 0 Å². The van der Waals surface area contributed by atoms with Gasteiger partial charge in [0.05, 0.1) is 0 Å². The van der Waals surface area contributed by atoms with Crippen LogP contribution in [0.1, 0.15) is 6.92 Å². The minimum Gasteiger partial charge on any atom is -0.261 e. The molecule has 0 fully saturated rings. The van der Waals surface area contributed by atoms with Crippen molar-refractivity contribution in [3.63, 3.8) is 0 Å². The van der Waals surface area contributed by atoms with Crippen LogP contribution < -0.4 is 3.53 Å². The summed E-state index contributed by atoms with van der Waals surface area (Å²) in [7, 11) is 0. The molecule has 0 aliphatic carbocycles. The van der Waals surface area contributed by atoms with Gasteiger partial charge < -0.3 is 0 Å². The zero-order valence-electron chi connectivity index (χ0n) is 2.99. The summed E-state index contributed by atoms with van der Waals surface area (Å²) in [4.78, 5) is 0. The summed E-state index contributed by atoms with van der Waals surface area (Å²) in [5.41, 5.74) is 0. The third-order valence-corrected chi connectivity index (χ3v) is 0.896. The molecule has 0 heterocycles. The van der Waals surface area contributed by atoms with E-state index in [0.29, 0.717) is 0 Å². The fourth-order valence-corrected chi connectivity index (χ4v) is 0. The molecule has 0 saturated heterocycles. The fraction of sp³-hybridized carbons (Fsp3) is 1.00.